The molecule has 0 aliphatic rings. The highest BCUT2D eigenvalue weighted by molar-refractivity contribution is 9.10. The lowest BCUT2D eigenvalue weighted by Gasteiger charge is -1.99. The molecule has 0 aliphatic heterocycles. The number of benzene rings is 1. The molecule has 16 heavy (non-hydrogen) atoms. The van der Waals surface area contributed by atoms with Crippen LogP contribution < -0.4 is 0 Å². The molecule has 0 saturated carbocycles. The van der Waals surface area contributed by atoms with Crippen LogP contribution in [0, 0.1) is 0 Å². The zero-order valence-electron chi connectivity index (χ0n) is 8.85. The van der Waals surface area contributed by atoms with Crippen LogP contribution in [0.5, 0.6) is 0 Å². The highest BCUT2D eigenvalue weighted by atomic mass is 79.9. The highest BCUT2D eigenvalue weighted by Gasteiger charge is 2.10. The number of hydrogen-bond donors (Lipinski definition) is 1. The maximum absolute atomic E-state index is 9.25. The Kier molecular flexibility index (Phi) is 3.41. The summed E-state index contributed by atoms with van der Waals surface area (Å²) in [6.07, 6.45) is 1.69. The molecule has 1 unspecified atom stereocenters. The molecule has 0 radical (unpaired) electrons. The Labute approximate surface area is 102 Å². The Balaban J connectivity index is 2.28. The van der Waals surface area contributed by atoms with E-state index >= 15 is 0 Å². The summed E-state index contributed by atoms with van der Waals surface area (Å²) < 4.78 is 6.33. The number of oxazole rings is 1. The molecule has 3 nitrogen and oxygen atoms in total. The van der Waals surface area contributed by atoms with Crippen molar-refractivity contribution in [3.63, 3.8) is 0 Å². The van der Waals surface area contributed by atoms with E-state index in [1.165, 1.54) is 0 Å². The van der Waals surface area contributed by atoms with Gasteiger partial charge in [-0.2, -0.15) is 0 Å². The molecular weight excluding hydrogens is 270 g/mol. The van der Waals surface area contributed by atoms with Gasteiger partial charge in [-0.1, -0.05) is 12.1 Å². The molecule has 0 bridgehead atoms. The van der Waals surface area contributed by atoms with Crippen LogP contribution in [0.15, 0.2) is 39.4 Å². The maximum atomic E-state index is 9.25. The molecule has 1 atom stereocenters. The molecular formula is C12H12BrNO2. The first-order chi connectivity index (χ1) is 7.66. The van der Waals surface area contributed by atoms with Crippen molar-refractivity contribution >= 4 is 15.9 Å². The fraction of sp³-hybridized carbons (Fsp3) is 0.250. The summed E-state index contributed by atoms with van der Waals surface area (Å²) in [5.41, 5.74) is 1.68. The molecule has 4 heteroatoms. The van der Waals surface area contributed by atoms with Crippen molar-refractivity contribution in [3.05, 3.63) is 40.7 Å². The Bertz CT molecular complexity index is 479. The van der Waals surface area contributed by atoms with E-state index in [9.17, 15) is 5.11 Å². The van der Waals surface area contributed by atoms with Gasteiger partial charge in [0.25, 0.3) is 0 Å². The number of aliphatic hydroxyl groups is 1. The molecule has 2 aromatic rings. The third-order valence-electron chi connectivity index (χ3n) is 2.16. The predicted octanol–water partition coefficient (Wildman–Crippen LogP) is 3.03. The van der Waals surface area contributed by atoms with Crippen molar-refractivity contribution in [2.24, 2.45) is 0 Å². The molecule has 0 saturated heterocycles. The van der Waals surface area contributed by atoms with E-state index in [2.05, 4.69) is 20.9 Å². The van der Waals surface area contributed by atoms with Crippen LogP contribution in [0.25, 0.3) is 11.5 Å². The summed E-state index contributed by atoms with van der Waals surface area (Å²) >= 11 is 3.44. The van der Waals surface area contributed by atoms with Crippen LogP contribution in [-0.2, 0) is 6.42 Å². The molecule has 0 fully saturated rings. The van der Waals surface area contributed by atoms with Crippen molar-refractivity contribution < 1.29 is 9.52 Å². The number of halogens is 1. The maximum Gasteiger partial charge on any atom is 0.227 e. The van der Waals surface area contributed by atoms with Crippen LogP contribution in [0.4, 0.5) is 0 Å². The molecule has 2 rings (SSSR count). The molecule has 1 N–H and O–H groups in total. The smallest absolute Gasteiger partial charge is 0.227 e. The lowest BCUT2D eigenvalue weighted by molar-refractivity contribution is 0.194. The number of rotatable bonds is 3. The normalized spacial score (nSPS) is 12.7. The van der Waals surface area contributed by atoms with E-state index < -0.39 is 6.10 Å². The number of hydrogen-bond acceptors (Lipinski definition) is 3. The van der Waals surface area contributed by atoms with Gasteiger partial charge >= 0.3 is 0 Å². The van der Waals surface area contributed by atoms with Gasteiger partial charge in [0.2, 0.25) is 5.89 Å². The van der Waals surface area contributed by atoms with E-state index in [-0.39, 0.29) is 0 Å². The van der Waals surface area contributed by atoms with Gasteiger partial charge in [-0.3, -0.25) is 0 Å². The van der Waals surface area contributed by atoms with Gasteiger partial charge in [0, 0.05) is 10.9 Å². The summed E-state index contributed by atoms with van der Waals surface area (Å²) in [5.74, 6) is 0.572. The minimum Gasteiger partial charge on any atom is -0.444 e. The fourth-order valence-corrected chi connectivity index (χ4v) is 1.92. The van der Waals surface area contributed by atoms with E-state index in [0.717, 1.165) is 15.7 Å². The SMILES string of the molecule is CC(O)Cc1coc(-c2ccccc2Br)n1. The van der Waals surface area contributed by atoms with Gasteiger partial charge in [0.05, 0.1) is 17.4 Å². The summed E-state index contributed by atoms with van der Waals surface area (Å²) in [4.78, 5) is 4.32. The van der Waals surface area contributed by atoms with Gasteiger partial charge in [0.1, 0.15) is 6.26 Å². The van der Waals surface area contributed by atoms with E-state index in [4.69, 9.17) is 4.42 Å². The Hall–Kier alpha value is -1.13. The first-order valence-corrected chi connectivity index (χ1v) is 5.83. The van der Waals surface area contributed by atoms with Crippen LogP contribution in [-0.4, -0.2) is 16.2 Å². The molecule has 0 amide bonds. The van der Waals surface area contributed by atoms with Crippen LogP contribution >= 0.6 is 15.9 Å². The Morgan fingerprint density at radius 2 is 2.19 bits per heavy atom. The van der Waals surface area contributed by atoms with Crippen molar-refractivity contribution in [1.29, 1.82) is 0 Å². The Morgan fingerprint density at radius 1 is 1.44 bits per heavy atom. The average molecular weight is 282 g/mol. The van der Waals surface area contributed by atoms with Crippen molar-refractivity contribution in [1.82, 2.24) is 4.98 Å². The fourth-order valence-electron chi connectivity index (χ4n) is 1.46. The third kappa shape index (κ3) is 2.51. The third-order valence-corrected chi connectivity index (χ3v) is 2.85. The van der Waals surface area contributed by atoms with Gasteiger partial charge in [-0.25, -0.2) is 4.98 Å². The molecule has 0 spiro atoms. The molecule has 84 valence electrons. The quantitative estimate of drug-likeness (QED) is 0.941. The number of aromatic nitrogens is 1. The van der Waals surface area contributed by atoms with Gasteiger partial charge in [-0.05, 0) is 35.0 Å². The minimum atomic E-state index is -0.405. The zero-order valence-corrected chi connectivity index (χ0v) is 10.4. The van der Waals surface area contributed by atoms with Gasteiger partial charge in [-0.15, -0.1) is 0 Å². The standard InChI is InChI=1S/C12H12BrNO2/c1-8(15)6-9-7-16-12(14-9)10-4-2-3-5-11(10)13/h2-5,7-8,15H,6H2,1H3. The first-order valence-electron chi connectivity index (χ1n) is 5.04. The van der Waals surface area contributed by atoms with Crippen molar-refractivity contribution in [3.8, 4) is 11.5 Å². The second-order valence-corrected chi connectivity index (χ2v) is 4.53. The molecule has 1 aromatic carbocycles. The summed E-state index contributed by atoms with van der Waals surface area (Å²) in [6.45, 7) is 1.73. The van der Waals surface area contributed by atoms with E-state index in [1.54, 1.807) is 13.2 Å². The van der Waals surface area contributed by atoms with Crippen LogP contribution in [0.1, 0.15) is 12.6 Å². The molecule has 1 aromatic heterocycles. The molecule has 1 heterocycles. The Morgan fingerprint density at radius 3 is 2.88 bits per heavy atom. The van der Waals surface area contributed by atoms with Crippen LogP contribution in [0.2, 0.25) is 0 Å². The van der Waals surface area contributed by atoms with Gasteiger partial charge in [0.15, 0.2) is 0 Å². The topological polar surface area (TPSA) is 46.3 Å². The second-order valence-electron chi connectivity index (χ2n) is 3.68. The van der Waals surface area contributed by atoms with E-state index in [1.807, 2.05) is 24.3 Å². The highest BCUT2D eigenvalue weighted by Crippen LogP contribution is 2.27. The van der Waals surface area contributed by atoms with E-state index in [0.29, 0.717) is 12.3 Å². The van der Waals surface area contributed by atoms with Crippen LogP contribution in [0.3, 0.4) is 0 Å². The predicted molar refractivity (Wildman–Crippen MR) is 65.0 cm³/mol. The minimum absolute atomic E-state index is 0.405. The lowest BCUT2D eigenvalue weighted by atomic mass is 10.2. The van der Waals surface area contributed by atoms with Gasteiger partial charge < -0.3 is 9.52 Å². The number of aliphatic hydroxyl groups excluding tert-OH is 1. The average Bonchev–Trinajstić information content (AvgIpc) is 2.66. The summed E-state index contributed by atoms with van der Waals surface area (Å²) in [5, 5.41) is 9.25. The zero-order chi connectivity index (χ0) is 11.5. The molecule has 0 aliphatic carbocycles. The lowest BCUT2D eigenvalue weighted by Crippen LogP contribution is -2.04. The number of nitrogens with zero attached hydrogens (tertiary/aromatic N) is 1. The van der Waals surface area contributed by atoms with Crippen molar-refractivity contribution in [2.45, 2.75) is 19.4 Å². The summed E-state index contributed by atoms with van der Waals surface area (Å²) in [6, 6.07) is 7.74. The second kappa shape index (κ2) is 4.80. The first kappa shape index (κ1) is 11.4. The summed E-state index contributed by atoms with van der Waals surface area (Å²) in [7, 11) is 0. The van der Waals surface area contributed by atoms with Crippen molar-refractivity contribution in [2.75, 3.05) is 0 Å². The largest absolute Gasteiger partial charge is 0.444 e. The monoisotopic (exact) mass is 281 g/mol.